The molecule has 0 aliphatic carbocycles. The fourth-order valence-electron chi connectivity index (χ4n) is 1.77. The predicted molar refractivity (Wildman–Crippen MR) is 94.7 cm³/mol. The lowest BCUT2D eigenvalue weighted by atomic mass is 10.2. The molecule has 25 heavy (non-hydrogen) atoms. The molecule has 4 N–H and O–H groups in total. The van der Waals surface area contributed by atoms with Crippen molar-refractivity contribution >= 4 is 39.3 Å². The summed E-state index contributed by atoms with van der Waals surface area (Å²) in [4.78, 5) is 34.9. The zero-order valence-electron chi connectivity index (χ0n) is 13.4. The molecule has 0 unspecified atom stereocenters. The highest BCUT2D eigenvalue weighted by Crippen LogP contribution is 2.13. The Labute approximate surface area is 152 Å². The molecule has 2 rings (SSSR count). The van der Waals surface area contributed by atoms with Crippen LogP contribution in [-0.4, -0.2) is 30.8 Å². The predicted octanol–water partition coefficient (Wildman–Crippen LogP) is 1.34. The number of hydrogen-bond acceptors (Lipinski definition) is 5. The van der Waals surface area contributed by atoms with Gasteiger partial charge in [-0.05, 0) is 47.1 Å². The van der Waals surface area contributed by atoms with Crippen LogP contribution in [0.5, 0.6) is 0 Å². The largest absolute Gasteiger partial charge is 0.444 e. The van der Waals surface area contributed by atoms with E-state index < -0.39 is 17.7 Å². The van der Waals surface area contributed by atoms with E-state index in [1.807, 2.05) is 31.2 Å². The van der Waals surface area contributed by atoms with E-state index in [4.69, 9.17) is 4.42 Å². The number of benzene rings is 1. The summed E-state index contributed by atoms with van der Waals surface area (Å²) in [5, 5.41) is 5.29. The maximum Gasteiger partial charge on any atom is 0.287 e. The molecule has 0 aliphatic rings. The molecule has 0 spiro atoms. The Bertz CT molecular complexity index is 758. The molecule has 132 valence electrons. The van der Waals surface area contributed by atoms with Crippen molar-refractivity contribution in [1.29, 1.82) is 0 Å². The minimum atomic E-state index is -0.567. The van der Waals surface area contributed by atoms with E-state index in [9.17, 15) is 14.4 Å². The van der Waals surface area contributed by atoms with Crippen molar-refractivity contribution in [2.75, 3.05) is 18.4 Å². The lowest BCUT2D eigenvalue weighted by Crippen LogP contribution is -2.47. The van der Waals surface area contributed by atoms with Crippen molar-refractivity contribution < 1.29 is 18.8 Å². The maximum absolute atomic E-state index is 11.7. The first kappa shape index (κ1) is 18.5. The Kier molecular flexibility index (Phi) is 6.58. The van der Waals surface area contributed by atoms with E-state index in [0.29, 0.717) is 4.67 Å². The van der Waals surface area contributed by atoms with Crippen LogP contribution < -0.4 is 21.5 Å². The summed E-state index contributed by atoms with van der Waals surface area (Å²) in [6.07, 6.45) is 0. The molecule has 0 radical (unpaired) electrons. The molecule has 1 aromatic carbocycles. The second-order valence-corrected chi connectivity index (χ2v) is 5.88. The van der Waals surface area contributed by atoms with Gasteiger partial charge in [0.2, 0.25) is 0 Å². The number of carbonyl (C=O) groups excluding carboxylic acids is 3. The van der Waals surface area contributed by atoms with Gasteiger partial charge in [-0.3, -0.25) is 25.2 Å². The molecular formula is C16H17BrN4O4. The lowest BCUT2D eigenvalue weighted by molar-refractivity contribution is -0.127. The number of halogens is 1. The van der Waals surface area contributed by atoms with Crippen LogP contribution >= 0.6 is 15.9 Å². The first-order chi connectivity index (χ1) is 11.9. The first-order valence-electron chi connectivity index (χ1n) is 7.36. The summed E-state index contributed by atoms with van der Waals surface area (Å²) >= 11 is 3.08. The first-order valence-corrected chi connectivity index (χ1v) is 8.15. The van der Waals surface area contributed by atoms with Gasteiger partial charge in [-0.25, -0.2) is 0 Å². The number of amides is 3. The standard InChI is InChI=1S/C16H17BrN4O4/c1-10-2-4-11(5-3-10)18-8-14(22)20-21-15(23)9-19-16(24)12-6-7-13(17)25-12/h2-7,18H,8-9H2,1H3,(H,19,24)(H,20,22)(H,21,23). The summed E-state index contributed by atoms with van der Waals surface area (Å²) < 4.78 is 5.46. The Hall–Kier alpha value is -2.81. The Morgan fingerprint density at radius 3 is 2.20 bits per heavy atom. The molecule has 1 heterocycles. The van der Waals surface area contributed by atoms with Gasteiger partial charge in [0, 0.05) is 5.69 Å². The van der Waals surface area contributed by atoms with Crippen LogP contribution in [0.3, 0.4) is 0 Å². The van der Waals surface area contributed by atoms with E-state index in [-0.39, 0.29) is 18.8 Å². The molecular weight excluding hydrogens is 392 g/mol. The summed E-state index contributed by atoms with van der Waals surface area (Å²) in [6, 6.07) is 10.6. The minimum Gasteiger partial charge on any atom is -0.444 e. The van der Waals surface area contributed by atoms with Gasteiger partial charge in [-0.15, -0.1) is 0 Å². The third kappa shape index (κ3) is 6.30. The molecule has 3 amide bonds. The van der Waals surface area contributed by atoms with Crippen LogP contribution in [0.15, 0.2) is 45.5 Å². The van der Waals surface area contributed by atoms with Crippen molar-refractivity contribution in [3.05, 3.63) is 52.4 Å². The molecule has 8 nitrogen and oxygen atoms in total. The van der Waals surface area contributed by atoms with Crippen molar-refractivity contribution in [2.45, 2.75) is 6.92 Å². The van der Waals surface area contributed by atoms with Gasteiger partial charge < -0.3 is 15.1 Å². The normalized spacial score (nSPS) is 10.0. The van der Waals surface area contributed by atoms with E-state index in [0.717, 1.165) is 11.3 Å². The van der Waals surface area contributed by atoms with E-state index in [2.05, 4.69) is 37.4 Å². The number of aryl methyl sites for hydroxylation is 1. The van der Waals surface area contributed by atoms with Crippen LogP contribution in [0.25, 0.3) is 0 Å². The fourth-order valence-corrected chi connectivity index (χ4v) is 2.07. The zero-order chi connectivity index (χ0) is 18.2. The van der Waals surface area contributed by atoms with Gasteiger partial charge in [0.1, 0.15) is 0 Å². The second-order valence-electron chi connectivity index (χ2n) is 5.10. The monoisotopic (exact) mass is 408 g/mol. The molecule has 9 heteroatoms. The Morgan fingerprint density at radius 2 is 1.60 bits per heavy atom. The van der Waals surface area contributed by atoms with Crippen molar-refractivity contribution in [1.82, 2.24) is 16.2 Å². The number of nitrogens with one attached hydrogen (secondary N) is 4. The highest BCUT2D eigenvalue weighted by molar-refractivity contribution is 9.10. The molecule has 1 aromatic heterocycles. The highest BCUT2D eigenvalue weighted by Gasteiger charge is 2.12. The third-order valence-electron chi connectivity index (χ3n) is 3.05. The van der Waals surface area contributed by atoms with Crippen LogP contribution in [0, 0.1) is 6.92 Å². The van der Waals surface area contributed by atoms with E-state index in [1.54, 1.807) is 6.07 Å². The summed E-state index contributed by atoms with van der Waals surface area (Å²) in [6.45, 7) is 1.66. The summed E-state index contributed by atoms with van der Waals surface area (Å²) in [5.41, 5.74) is 6.37. The van der Waals surface area contributed by atoms with Crippen LogP contribution in [0.4, 0.5) is 5.69 Å². The third-order valence-corrected chi connectivity index (χ3v) is 3.48. The molecule has 0 fully saturated rings. The lowest BCUT2D eigenvalue weighted by Gasteiger charge is -2.09. The molecule has 0 saturated carbocycles. The van der Waals surface area contributed by atoms with Gasteiger partial charge >= 0.3 is 0 Å². The number of anilines is 1. The number of furan rings is 1. The molecule has 0 saturated heterocycles. The topological polar surface area (TPSA) is 112 Å². The van der Waals surface area contributed by atoms with Gasteiger partial charge in [0.05, 0.1) is 13.1 Å². The van der Waals surface area contributed by atoms with E-state index in [1.165, 1.54) is 6.07 Å². The zero-order valence-corrected chi connectivity index (χ0v) is 15.0. The Balaban J connectivity index is 1.64. The average molecular weight is 409 g/mol. The quantitative estimate of drug-likeness (QED) is 0.538. The van der Waals surface area contributed by atoms with E-state index >= 15 is 0 Å². The molecule has 0 atom stereocenters. The van der Waals surface area contributed by atoms with Crippen molar-refractivity contribution in [3.63, 3.8) is 0 Å². The Morgan fingerprint density at radius 1 is 0.960 bits per heavy atom. The van der Waals surface area contributed by atoms with Crippen LogP contribution in [0.1, 0.15) is 16.1 Å². The molecule has 0 aliphatic heterocycles. The summed E-state index contributed by atoms with van der Waals surface area (Å²) in [7, 11) is 0. The fraction of sp³-hybridized carbons (Fsp3) is 0.188. The highest BCUT2D eigenvalue weighted by atomic mass is 79.9. The second kappa shape index (κ2) is 8.88. The van der Waals surface area contributed by atoms with Crippen molar-refractivity contribution in [3.8, 4) is 0 Å². The van der Waals surface area contributed by atoms with Gasteiger partial charge in [0.15, 0.2) is 10.4 Å². The van der Waals surface area contributed by atoms with Gasteiger partial charge in [0.25, 0.3) is 17.7 Å². The number of rotatable bonds is 6. The van der Waals surface area contributed by atoms with Gasteiger partial charge in [-0.1, -0.05) is 17.7 Å². The molecule has 0 bridgehead atoms. The SMILES string of the molecule is Cc1ccc(NCC(=O)NNC(=O)CNC(=O)c2ccc(Br)o2)cc1. The average Bonchev–Trinajstić information content (AvgIpc) is 3.04. The minimum absolute atomic E-state index is 0.00385. The van der Waals surface area contributed by atoms with Crippen molar-refractivity contribution in [2.24, 2.45) is 0 Å². The summed E-state index contributed by atoms with van der Waals surface area (Å²) in [5.74, 6) is -1.45. The van der Waals surface area contributed by atoms with Crippen LogP contribution in [-0.2, 0) is 9.59 Å². The number of hydrazine groups is 1. The molecule has 2 aromatic rings. The van der Waals surface area contributed by atoms with Crippen LogP contribution in [0.2, 0.25) is 0 Å². The smallest absolute Gasteiger partial charge is 0.287 e. The van der Waals surface area contributed by atoms with Gasteiger partial charge in [-0.2, -0.15) is 0 Å². The number of hydrogen-bond donors (Lipinski definition) is 4. The maximum atomic E-state index is 11.7. The number of carbonyl (C=O) groups is 3.